The normalized spacial score (nSPS) is 7.09. The van der Waals surface area contributed by atoms with Crippen LogP contribution in [0.1, 0.15) is 6.92 Å². The minimum atomic E-state index is 0. The minimum absolute atomic E-state index is 0. The summed E-state index contributed by atoms with van der Waals surface area (Å²) in [6, 6.07) is 0. The maximum Gasteiger partial charge on any atom is 0.243 e. The Morgan fingerprint density at radius 1 is 1.36 bits per heavy atom. The third-order valence-corrected chi connectivity index (χ3v) is 1.19. The van der Waals surface area contributed by atoms with Crippen molar-refractivity contribution in [3.63, 3.8) is 0 Å². The van der Waals surface area contributed by atoms with E-state index >= 15 is 0 Å². The van der Waals surface area contributed by atoms with Crippen molar-refractivity contribution in [3.8, 4) is 0 Å². The summed E-state index contributed by atoms with van der Waals surface area (Å²) >= 11 is 0. The van der Waals surface area contributed by atoms with E-state index in [1.807, 2.05) is 17.8 Å². The minimum Gasteiger partial charge on any atom is -0.240 e. The summed E-state index contributed by atoms with van der Waals surface area (Å²) in [4.78, 5) is 0. The number of nitrogens with zero attached hydrogens (tertiary/aromatic N) is 2. The lowest BCUT2D eigenvalue weighted by Gasteiger charge is -1.81. The molecule has 0 unspecified atom stereocenters. The molecule has 0 saturated carbocycles. The first-order valence-electron chi connectivity index (χ1n) is 2.84. The van der Waals surface area contributed by atoms with Gasteiger partial charge in [-0.1, -0.05) is 0 Å². The van der Waals surface area contributed by atoms with Crippen LogP contribution in [0.4, 0.5) is 0 Å². The topological polar surface area (TPSA) is 8.81 Å². The predicted octanol–water partition coefficient (Wildman–Crippen LogP) is 0.304. The van der Waals surface area contributed by atoms with E-state index < -0.39 is 0 Å². The average Bonchev–Trinajstić information content (AvgIpc) is 2.14. The Kier molecular flexibility index (Phi) is 14.2. The monoisotopic (exact) mass is 301 g/mol. The van der Waals surface area contributed by atoms with E-state index in [1.165, 1.54) is 0 Å². The number of aromatic nitrogens is 2. The number of imidazole rings is 1. The Balaban J connectivity index is -0.000000213. The SMILES string of the molecule is Br.Br.CCn1cc[n+](C)c1.[AlH3]. The maximum atomic E-state index is 2.12. The summed E-state index contributed by atoms with van der Waals surface area (Å²) in [6.07, 6.45) is 6.14. The molecule has 2 nitrogen and oxygen atoms in total. The molecule has 5 heteroatoms. The third kappa shape index (κ3) is 5.92. The van der Waals surface area contributed by atoms with Crippen LogP contribution in [-0.2, 0) is 13.6 Å². The lowest BCUT2D eigenvalue weighted by atomic mass is 10.7. The van der Waals surface area contributed by atoms with E-state index in [2.05, 4.69) is 24.0 Å². The number of hydrogen-bond donors (Lipinski definition) is 0. The molecular formula is C6H16AlBr2N2+. The van der Waals surface area contributed by atoms with Gasteiger partial charge in [0.15, 0.2) is 17.4 Å². The van der Waals surface area contributed by atoms with Crippen LogP contribution >= 0.6 is 34.0 Å². The van der Waals surface area contributed by atoms with E-state index in [9.17, 15) is 0 Å². The number of hydrogen-bond acceptors (Lipinski definition) is 0. The van der Waals surface area contributed by atoms with Crippen LogP contribution in [0.5, 0.6) is 0 Å². The molecule has 66 valence electrons. The molecule has 0 fully saturated rings. The van der Waals surface area contributed by atoms with Gasteiger partial charge in [-0.15, -0.1) is 34.0 Å². The van der Waals surface area contributed by atoms with Gasteiger partial charge < -0.3 is 0 Å². The molecule has 0 radical (unpaired) electrons. The van der Waals surface area contributed by atoms with Gasteiger partial charge >= 0.3 is 0 Å². The van der Waals surface area contributed by atoms with Gasteiger partial charge in [-0.3, -0.25) is 0 Å². The van der Waals surface area contributed by atoms with Crippen LogP contribution in [-0.4, -0.2) is 21.9 Å². The van der Waals surface area contributed by atoms with Gasteiger partial charge in [-0.25, -0.2) is 9.13 Å². The molecule has 1 aromatic rings. The number of aryl methyl sites for hydroxylation is 2. The highest BCUT2D eigenvalue weighted by Gasteiger charge is 1.92. The first kappa shape index (κ1) is 17.7. The van der Waals surface area contributed by atoms with E-state index in [1.54, 1.807) is 0 Å². The van der Waals surface area contributed by atoms with E-state index in [0.717, 1.165) is 6.54 Å². The molecule has 0 aliphatic carbocycles. The van der Waals surface area contributed by atoms with Crippen molar-refractivity contribution >= 4 is 51.3 Å². The van der Waals surface area contributed by atoms with Crippen LogP contribution in [0.25, 0.3) is 0 Å². The first-order chi connectivity index (χ1) is 3.83. The van der Waals surface area contributed by atoms with Crippen LogP contribution in [0.2, 0.25) is 0 Å². The van der Waals surface area contributed by atoms with E-state index in [-0.39, 0.29) is 51.3 Å². The zero-order chi connectivity index (χ0) is 5.98. The van der Waals surface area contributed by atoms with Gasteiger partial charge in [0.05, 0.1) is 13.6 Å². The van der Waals surface area contributed by atoms with Gasteiger partial charge in [0.1, 0.15) is 12.4 Å². The largest absolute Gasteiger partial charge is 0.243 e. The Morgan fingerprint density at radius 3 is 2.09 bits per heavy atom. The fourth-order valence-electron chi connectivity index (χ4n) is 0.689. The van der Waals surface area contributed by atoms with Crippen LogP contribution in [0.3, 0.4) is 0 Å². The Hall–Kier alpha value is 0.702. The van der Waals surface area contributed by atoms with Crippen LogP contribution < -0.4 is 4.57 Å². The summed E-state index contributed by atoms with van der Waals surface area (Å²) in [6.45, 7) is 3.18. The molecule has 1 heterocycles. The van der Waals surface area contributed by atoms with Gasteiger partial charge in [-0.2, -0.15) is 0 Å². The second kappa shape index (κ2) is 8.80. The van der Waals surface area contributed by atoms with Gasteiger partial charge in [0.2, 0.25) is 6.33 Å². The molecule has 0 spiro atoms. The van der Waals surface area contributed by atoms with Gasteiger partial charge in [-0.05, 0) is 6.92 Å². The van der Waals surface area contributed by atoms with Crippen LogP contribution in [0.15, 0.2) is 18.7 Å². The second-order valence-electron chi connectivity index (χ2n) is 1.91. The lowest BCUT2D eigenvalue weighted by molar-refractivity contribution is -0.671. The molecule has 0 aliphatic rings. The summed E-state index contributed by atoms with van der Waals surface area (Å²) in [5.41, 5.74) is 0. The number of halogens is 2. The molecular weight excluding hydrogens is 287 g/mol. The predicted molar refractivity (Wildman–Crippen MR) is 61.9 cm³/mol. The molecule has 11 heavy (non-hydrogen) atoms. The van der Waals surface area contributed by atoms with Gasteiger partial charge in [0.25, 0.3) is 0 Å². The zero-order valence-electron chi connectivity index (χ0n) is 6.15. The molecule has 1 aromatic heterocycles. The van der Waals surface area contributed by atoms with Crippen molar-refractivity contribution in [1.29, 1.82) is 0 Å². The average molecular weight is 303 g/mol. The molecule has 1 rings (SSSR count). The standard InChI is InChI=1S/C6H11N2.Al.2BrH.3H/c1-3-8-5-4-7(2)6-8;;;;;;/h4-6H,3H2,1-2H3;;2*1H;;;/q+1;;;;;;. The maximum absolute atomic E-state index is 2.12. The highest BCUT2D eigenvalue weighted by molar-refractivity contribution is 8.93. The van der Waals surface area contributed by atoms with Gasteiger partial charge in [0, 0.05) is 0 Å². The Labute approximate surface area is 99.3 Å². The second-order valence-corrected chi connectivity index (χ2v) is 1.91. The van der Waals surface area contributed by atoms with E-state index in [4.69, 9.17) is 0 Å². The molecule has 0 bridgehead atoms. The van der Waals surface area contributed by atoms with Crippen molar-refractivity contribution < 1.29 is 4.57 Å². The summed E-state index contributed by atoms with van der Waals surface area (Å²) in [7, 11) is 2.02. The Bertz CT molecular complexity index is 179. The Morgan fingerprint density at radius 2 is 1.91 bits per heavy atom. The zero-order valence-corrected chi connectivity index (χ0v) is 9.58. The van der Waals surface area contributed by atoms with Crippen molar-refractivity contribution in [1.82, 2.24) is 4.57 Å². The van der Waals surface area contributed by atoms with Crippen molar-refractivity contribution in [2.24, 2.45) is 7.05 Å². The molecule has 0 amide bonds. The van der Waals surface area contributed by atoms with E-state index in [0.29, 0.717) is 0 Å². The number of rotatable bonds is 1. The van der Waals surface area contributed by atoms with Crippen molar-refractivity contribution in [2.75, 3.05) is 0 Å². The highest BCUT2D eigenvalue weighted by atomic mass is 79.9. The molecule has 0 aliphatic heterocycles. The first-order valence-corrected chi connectivity index (χ1v) is 2.84. The summed E-state index contributed by atoms with van der Waals surface area (Å²) < 4.78 is 4.16. The molecule has 0 N–H and O–H groups in total. The highest BCUT2D eigenvalue weighted by Crippen LogP contribution is 1.79. The van der Waals surface area contributed by atoms with Crippen molar-refractivity contribution in [3.05, 3.63) is 18.7 Å². The third-order valence-electron chi connectivity index (χ3n) is 1.19. The molecule has 0 saturated heterocycles. The van der Waals surface area contributed by atoms with Crippen LogP contribution in [0, 0.1) is 0 Å². The lowest BCUT2D eigenvalue weighted by Crippen LogP contribution is -2.23. The fourth-order valence-corrected chi connectivity index (χ4v) is 0.689. The fraction of sp³-hybridized carbons (Fsp3) is 0.500. The van der Waals surface area contributed by atoms with Crippen molar-refractivity contribution in [2.45, 2.75) is 13.5 Å². The molecule has 0 atom stereocenters. The smallest absolute Gasteiger partial charge is 0.240 e. The quantitative estimate of drug-likeness (QED) is 0.521. The summed E-state index contributed by atoms with van der Waals surface area (Å²) in [5, 5.41) is 0. The summed E-state index contributed by atoms with van der Waals surface area (Å²) in [5.74, 6) is 0. The molecule has 0 aromatic carbocycles.